The topological polar surface area (TPSA) is 37.3 Å². The maximum absolute atomic E-state index is 10.6. The zero-order valence-electron chi connectivity index (χ0n) is 6.22. The molecule has 0 saturated carbocycles. The quantitative estimate of drug-likeness (QED) is 0.614. The summed E-state index contributed by atoms with van der Waals surface area (Å²) in [5, 5.41) is 8.60. The van der Waals surface area contributed by atoms with Crippen molar-refractivity contribution >= 4 is 5.78 Å². The molecular weight excluding hydrogens is 116 g/mol. The fourth-order valence-electron chi connectivity index (χ4n) is 0.559. The second-order valence-electron chi connectivity index (χ2n) is 2.56. The molecule has 2 heteroatoms. The van der Waals surface area contributed by atoms with Crippen molar-refractivity contribution in [1.29, 1.82) is 0 Å². The normalized spacial score (nSPS) is 16.9. The van der Waals surface area contributed by atoms with E-state index in [1.807, 2.05) is 13.8 Å². The smallest absolute Gasteiger partial charge is 0.132 e. The minimum Gasteiger partial charge on any atom is -0.396 e. The van der Waals surface area contributed by atoms with Gasteiger partial charge in [-0.2, -0.15) is 0 Å². The lowest BCUT2D eigenvalue weighted by Crippen LogP contribution is -2.18. The Morgan fingerprint density at radius 2 is 2.00 bits per heavy atom. The lowest BCUT2D eigenvalue weighted by molar-refractivity contribution is -0.122. The van der Waals surface area contributed by atoms with Gasteiger partial charge in [0.2, 0.25) is 0 Å². The van der Waals surface area contributed by atoms with E-state index in [-0.39, 0.29) is 24.2 Å². The van der Waals surface area contributed by atoms with Crippen molar-refractivity contribution in [1.82, 2.24) is 0 Å². The van der Waals surface area contributed by atoms with Crippen LogP contribution in [-0.4, -0.2) is 17.5 Å². The molecule has 54 valence electrons. The molecule has 2 nitrogen and oxygen atoms in total. The third kappa shape index (κ3) is 2.61. The van der Waals surface area contributed by atoms with Gasteiger partial charge >= 0.3 is 0 Å². The number of ketones is 1. The Labute approximate surface area is 55.9 Å². The molecule has 0 aromatic heterocycles. The fraction of sp³-hybridized carbons (Fsp3) is 0.857. The van der Waals surface area contributed by atoms with E-state index in [1.165, 1.54) is 0 Å². The second-order valence-corrected chi connectivity index (χ2v) is 2.56. The highest BCUT2D eigenvalue weighted by atomic mass is 16.3. The van der Waals surface area contributed by atoms with Gasteiger partial charge in [0.15, 0.2) is 0 Å². The summed E-state index contributed by atoms with van der Waals surface area (Å²) in [4.78, 5) is 10.6. The van der Waals surface area contributed by atoms with Gasteiger partial charge in [-0.15, -0.1) is 0 Å². The van der Waals surface area contributed by atoms with Gasteiger partial charge < -0.3 is 5.11 Å². The third-order valence-corrected chi connectivity index (χ3v) is 1.78. The summed E-state index contributed by atoms with van der Waals surface area (Å²) in [5.41, 5.74) is 0. The van der Waals surface area contributed by atoms with Crippen LogP contribution in [0.5, 0.6) is 0 Å². The molecule has 0 radical (unpaired) electrons. The van der Waals surface area contributed by atoms with Crippen LogP contribution in [0.2, 0.25) is 0 Å². The summed E-state index contributed by atoms with van der Waals surface area (Å²) in [6.45, 7) is 5.35. The number of hydrogen-bond donors (Lipinski definition) is 1. The van der Waals surface area contributed by atoms with Crippen molar-refractivity contribution < 1.29 is 9.90 Å². The molecule has 0 aliphatic rings. The van der Waals surface area contributed by atoms with Crippen molar-refractivity contribution in [3.63, 3.8) is 0 Å². The molecule has 0 aliphatic heterocycles. The van der Waals surface area contributed by atoms with E-state index in [0.717, 1.165) is 0 Å². The molecule has 0 aliphatic carbocycles. The first-order valence-corrected chi connectivity index (χ1v) is 3.21. The number of aliphatic hydroxyl groups excluding tert-OH is 1. The fourth-order valence-corrected chi connectivity index (χ4v) is 0.559. The van der Waals surface area contributed by atoms with Crippen LogP contribution in [0.4, 0.5) is 0 Å². The first-order valence-electron chi connectivity index (χ1n) is 3.21. The van der Waals surface area contributed by atoms with Crippen LogP contribution in [0, 0.1) is 11.8 Å². The third-order valence-electron chi connectivity index (χ3n) is 1.78. The maximum Gasteiger partial charge on any atom is 0.132 e. The van der Waals surface area contributed by atoms with Crippen LogP contribution in [0.25, 0.3) is 0 Å². The molecule has 0 fully saturated rings. The van der Waals surface area contributed by atoms with E-state index >= 15 is 0 Å². The Kier molecular flexibility index (Phi) is 3.47. The Hall–Kier alpha value is -0.370. The maximum atomic E-state index is 10.6. The molecule has 9 heavy (non-hydrogen) atoms. The molecule has 0 aromatic rings. The van der Waals surface area contributed by atoms with Crippen LogP contribution in [-0.2, 0) is 4.79 Å². The summed E-state index contributed by atoms with van der Waals surface area (Å²) in [6.07, 6.45) is 0. The molecule has 1 N–H and O–H groups in total. The van der Waals surface area contributed by atoms with Gasteiger partial charge in [0.1, 0.15) is 5.78 Å². The molecule has 0 aromatic carbocycles. The van der Waals surface area contributed by atoms with Gasteiger partial charge in [-0.3, -0.25) is 4.79 Å². The molecule has 0 heterocycles. The number of carbonyl (C=O) groups excluding carboxylic acids is 1. The Morgan fingerprint density at radius 1 is 1.56 bits per heavy atom. The predicted molar refractivity (Wildman–Crippen MR) is 36.1 cm³/mol. The highest BCUT2D eigenvalue weighted by molar-refractivity contribution is 5.78. The summed E-state index contributed by atoms with van der Waals surface area (Å²) < 4.78 is 0. The van der Waals surface area contributed by atoms with Crippen molar-refractivity contribution in [2.45, 2.75) is 20.8 Å². The number of Topliss-reactive ketones (excluding diaryl/α,β-unsaturated/α-hetero) is 1. The number of rotatable bonds is 3. The van der Waals surface area contributed by atoms with Crippen molar-refractivity contribution in [2.75, 3.05) is 6.61 Å². The molecule has 0 saturated heterocycles. The SMILES string of the molecule is CC(=O)C(C)C(C)CO. The average molecular weight is 130 g/mol. The van der Waals surface area contributed by atoms with Crippen LogP contribution in [0.15, 0.2) is 0 Å². The largest absolute Gasteiger partial charge is 0.396 e. The van der Waals surface area contributed by atoms with E-state index in [0.29, 0.717) is 0 Å². The van der Waals surface area contributed by atoms with Crippen molar-refractivity contribution in [3.05, 3.63) is 0 Å². The molecular formula is C7H14O2. The minimum absolute atomic E-state index is 0.00463. The van der Waals surface area contributed by atoms with E-state index in [2.05, 4.69) is 0 Å². The van der Waals surface area contributed by atoms with E-state index in [4.69, 9.17) is 5.11 Å². The highest BCUT2D eigenvalue weighted by Gasteiger charge is 2.14. The molecule has 0 amide bonds. The Balaban J connectivity index is 3.72. The van der Waals surface area contributed by atoms with E-state index in [9.17, 15) is 4.79 Å². The van der Waals surface area contributed by atoms with Gasteiger partial charge in [-0.05, 0) is 12.8 Å². The van der Waals surface area contributed by atoms with Crippen LogP contribution < -0.4 is 0 Å². The van der Waals surface area contributed by atoms with Gasteiger partial charge in [0, 0.05) is 12.5 Å². The Bertz CT molecular complexity index is 99.1. The van der Waals surface area contributed by atoms with Crippen LogP contribution in [0.3, 0.4) is 0 Å². The summed E-state index contributed by atoms with van der Waals surface area (Å²) >= 11 is 0. The molecule has 0 spiro atoms. The first kappa shape index (κ1) is 8.63. The molecule has 0 bridgehead atoms. The monoisotopic (exact) mass is 130 g/mol. The number of aliphatic hydroxyl groups is 1. The van der Waals surface area contributed by atoms with Crippen LogP contribution in [0.1, 0.15) is 20.8 Å². The van der Waals surface area contributed by atoms with Gasteiger partial charge in [-0.25, -0.2) is 0 Å². The van der Waals surface area contributed by atoms with Crippen LogP contribution >= 0.6 is 0 Å². The zero-order chi connectivity index (χ0) is 7.44. The summed E-state index contributed by atoms with van der Waals surface area (Å²) in [5.74, 6) is 0.244. The Morgan fingerprint density at radius 3 is 2.11 bits per heavy atom. The predicted octanol–water partition coefficient (Wildman–Crippen LogP) is 0.840. The van der Waals surface area contributed by atoms with Crippen molar-refractivity contribution in [3.8, 4) is 0 Å². The van der Waals surface area contributed by atoms with E-state index in [1.54, 1.807) is 6.92 Å². The summed E-state index contributed by atoms with van der Waals surface area (Å²) in [7, 11) is 0. The van der Waals surface area contributed by atoms with Gasteiger partial charge in [-0.1, -0.05) is 13.8 Å². The first-order chi connectivity index (χ1) is 4.09. The minimum atomic E-state index is -0.00463. The second kappa shape index (κ2) is 3.62. The van der Waals surface area contributed by atoms with Gasteiger partial charge in [0.25, 0.3) is 0 Å². The average Bonchev–Trinajstić information content (AvgIpc) is 1.84. The zero-order valence-corrected chi connectivity index (χ0v) is 6.22. The standard InChI is InChI=1S/C7H14O2/c1-5(4-8)6(2)7(3)9/h5-6,8H,4H2,1-3H3. The molecule has 2 unspecified atom stereocenters. The summed E-state index contributed by atoms with van der Waals surface area (Å²) in [6, 6.07) is 0. The van der Waals surface area contributed by atoms with Gasteiger partial charge in [0.05, 0.1) is 0 Å². The lowest BCUT2D eigenvalue weighted by Gasteiger charge is -2.12. The number of carbonyl (C=O) groups is 1. The van der Waals surface area contributed by atoms with E-state index < -0.39 is 0 Å². The molecule has 2 atom stereocenters. The number of hydrogen-bond acceptors (Lipinski definition) is 2. The molecule has 0 rings (SSSR count). The van der Waals surface area contributed by atoms with Crippen molar-refractivity contribution in [2.24, 2.45) is 11.8 Å². The highest BCUT2D eigenvalue weighted by Crippen LogP contribution is 2.09. The lowest BCUT2D eigenvalue weighted by atomic mass is 9.94.